The number of pyridine rings is 1. The van der Waals surface area contributed by atoms with E-state index in [0.717, 1.165) is 28.0 Å². The Morgan fingerprint density at radius 3 is 2.53 bits per heavy atom. The average molecular weight is 249 g/mol. The van der Waals surface area contributed by atoms with Gasteiger partial charge in [-0.25, -0.2) is 9.97 Å². The van der Waals surface area contributed by atoms with Gasteiger partial charge in [0.2, 0.25) is 0 Å². The Labute approximate surface area is 112 Å². The smallest absolute Gasteiger partial charge is 0.161 e. The van der Waals surface area contributed by atoms with E-state index in [2.05, 4.69) is 29.9 Å². The highest BCUT2D eigenvalue weighted by molar-refractivity contribution is 5.83. The summed E-state index contributed by atoms with van der Waals surface area (Å²) >= 11 is 0. The van der Waals surface area contributed by atoms with Crippen molar-refractivity contribution in [1.82, 2.24) is 15.0 Å². The summed E-state index contributed by atoms with van der Waals surface area (Å²) in [7, 11) is 0. The van der Waals surface area contributed by atoms with Crippen molar-refractivity contribution in [2.24, 2.45) is 0 Å². The molecule has 0 spiro atoms. The maximum atomic E-state index is 4.72. The maximum Gasteiger partial charge on any atom is 0.161 e. The van der Waals surface area contributed by atoms with Gasteiger partial charge < -0.3 is 0 Å². The SMILES string of the molecule is CC(C)c1nc(-c2cccnc2)nc2ccccc12. The number of aromatic nitrogens is 3. The fourth-order valence-corrected chi connectivity index (χ4v) is 2.17. The van der Waals surface area contributed by atoms with Crippen LogP contribution in [0.3, 0.4) is 0 Å². The third kappa shape index (κ3) is 2.19. The quantitative estimate of drug-likeness (QED) is 0.693. The minimum atomic E-state index is 0.364. The number of para-hydroxylation sites is 1. The fraction of sp³-hybridized carbons (Fsp3) is 0.188. The molecule has 0 fully saturated rings. The number of fused-ring (bicyclic) bond motifs is 1. The van der Waals surface area contributed by atoms with E-state index in [1.807, 2.05) is 30.3 Å². The lowest BCUT2D eigenvalue weighted by Crippen LogP contribution is -2.00. The first-order valence-electron chi connectivity index (χ1n) is 6.43. The van der Waals surface area contributed by atoms with Crippen molar-refractivity contribution in [1.29, 1.82) is 0 Å². The molecule has 2 aromatic heterocycles. The third-order valence-electron chi connectivity index (χ3n) is 3.10. The summed E-state index contributed by atoms with van der Waals surface area (Å²) in [6.07, 6.45) is 3.56. The van der Waals surface area contributed by atoms with Gasteiger partial charge in [0.15, 0.2) is 5.82 Å². The molecule has 94 valence electrons. The summed E-state index contributed by atoms with van der Waals surface area (Å²) in [6, 6.07) is 12.0. The van der Waals surface area contributed by atoms with Gasteiger partial charge in [-0.15, -0.1) is 0 Å². The van der Waals surface area contributed by atoms with Gasteiger partial charge in [0.1, 0.15) is 0 Å². The van der Waals surface area contributed by atoms with Crippen molar-refractivity contribution in [3.63, 3.8) is 0 Å². The zero-order chi connectivity index (χ0) is 13.2. The number of nitrogens with zero attached hydrogens (tertiary/aromatic N) is 3. The summed E-state index contributed by atoms with van der Waals surface area (Å²) in [5.74, 6) is 1.11. The third-order valence-corrected chi connectivity index (χ3v) is 3.10. The van der Waals surface area contributed by atoms with Crippen LogP contribution in [0.1, 0.15) is 25.5 Å². The van der Waals surface area contributed by atoms with Gasteiger partial charge in [0.05, 0.1) is 11.2 Å². The van der Waals surface area contributed by atoms with Gasteiger partial charge in [0.25, 0.3) is 0 Å². The summed E-state index contributed by atoms with van der Waals surface area (Å²) < 4.78 is 0. The van der Waals surface area contributed by atoms with Crippen LogP contribution in [0.25, 0.3) is 22.3 Å². The Morgan fingerprint density at radius 2 is 1.79 bits per heavy atom. The van der Waals surface area contributed by atoms with Crippen LogP contribution in [-0.4, -0.2) is 15.0 Å². The summed E-state index contributed by atoms with van der Waals surface area (Å²) in [4.78, 5) is 13.5. The van der Waals surface area contributed by atoms with Crippen LogP contribution in [0.5, 0.6) is 0 Å². The van der Waals surface area contributed by atoms with Gasteiger partial charge in [-0.2, -0.15) is 0 Å². The van der Waals surface area contributed by atoms with Gasteiger partial charge in [-0.1, -0.05) is 32.0 Å². The molecular formula is C16H15N3. The minimum absolute atomic E-state index is 0.364. The van der Waals surface area contributed by atoms with Gasteiger partial charge >= 0.3 is 0 Å². The van der Waals surface area contributed by atoms with E-state index in [0.29, 0.717) is 5.92 Å². The lowest BCUT2D eigenvalue weighted by Gasteiger charge is -2.11. The van der Waals surface area contributed by atoms with Crippen molar-refractivity contribution in [2.45, 2.75) is 19.8 Å². The predicted molar refractivity (Wildman–Crippen MR) is 76.9 cm³/mol. The molecule has 19 heavy (non-hydrogen) atoms. The van der Waals surface area contributed by atoms with Gasteiger partial charge in [-0.05, 0) is 24.1 Å². The topological polar surface area (TPSA) is 38.7 Å². The molecule has 0 aliphatic carbocycles. The van der Waals surface area contributed by atoms with E-state index in [-0.39, 0.29) is 0 Å². The monoisotopic (exact) mass is 249 g/mol. The molecule has 3 aromatic rings. The highest BCUT2D eigenvalue weighted by Crippen LogP contribution is 2.25. The molecule has 3 nitrogen and oxygen atoms in total. The van der Waals surface area contributed by atoms with E-state index in [4.69, 9.17) is 4.98 Å². The zero-order valence-corrected chi connectivity index (χ0v) is 11.0. The molecule has 3 rings (SSSR count). The Balaban J connectivity index is 2.28. The highest BCUT2D eigenvalue weighted by Gasteiger charge is 2.11. The molecule has 3 heteroatoms. The Morgan fingerprint density at radius 1 is 0.947 bits per heavy atom. The first-order valence-corrected chi connectivity index (χ1v) is 6.43. The van der Waals surface area contributed by atoms with Crippen molar-refractivity contribution in [3.8, 4) is 11.4 Å². The number of benzene rings is 1. The Kier molecular flexibility index (Phi) is 2.95. The van der Waals surface area contributed by atoms with Crippen LogP contribution in [-0.2, 0) is 0 Å². The average Bonchev–Trinajstić information content (AvgIpc) is 2.47. The number of hydrogen-bond donors (Lipinski definition) is 0. The summed E-state index contributed by atoms with van der Waals surface area (Å²) in [5.41, 5.74) is 3.03. The molecule has 0 unspecified atom stereocenters. The van der Waals surface area contributed by atoms with E-state index >= 15 is 0 Å². The molecular weight excluding hydrogens is 234 g/mol. The molecule has 0 aliphatic rings. The lowest BCUT2D eigenvalue weighted by atomic mass is 10.0. The molecule has 0 saturated heterocycles. The van der Waals surface area contributed by atoms with Crippen LogP contribution >= 0.6 is 0 Å². The minimum Gasteiger partial charge on any atom is -0.264 e. The molecule has 0 atom stereocenters. The Bertz CT molecular complexity index is 706. The number of hydrogen-bond acceptors (Lipinski definition) is 3. The van der Waals surface area contributed by atoms with Crippen LogP contribution in [0.15, 0.2) is 48.8 Å². The van der Waals surface area contributed by atoms with Gasteiger partial charge in [0, 0.05) is 23.3 Å². The van der Waals surface area contributed by atoms with Gasteiger partial charge in [-0.3, -0.25) is 4.98 Å². The maximum absolute atomic E-state index is 4.72. The van der Waals surface area contributed by atoms with E-state index in [9.17, 15) is 0 Å². The molecule has 2 heterocycles. The zero-order valence-electron chi connectivity index (χ0n) is 11.0. The predicted octanol–water partition coefficient (Wildman–Crippen LogP) is 3.82. The summed E-state index contributed by atoms with van der Waals surface area (Å²) in [5, 5.41) is 1.13. The molecule has 0 aliphatic heterocycles. The first kappa shape index (κ1) is 11.8. The van der Waals surface area contributed by atoms with E-state index < -0.39 is 0 Å². The standard InChI is InChI=1S/C16H15N3/c1-11(2)15-13-7-3-4-8-14(13)18-16(19-15)12-6-5-9-17-10-12/h3-11H,1-2H3. The highest BCUT2D eigenvalue weighted by atomic mass is 14.9. The second-order valence-corrected chi connectivity index (χ2v) is 4.85. The van der Waals surface area contributed by atoms with Crippen molar-refractivity contribution < 1.29 is 0 Å². The van der Waals surface area contributed by atoms with Crippen LogP contribution in [0.2, 0.25) is 0 Å². The van der Waals surface area contributed by atoms with Crippen molar-refractivity contribution >= 4 is 10.9 Å². The summed E-state index contributed by atoms with van der Waals surface area (Å²) in [6.45, 7) is 4.31. The normalized spacial score (nSPS) is 11.1. The second-order valence-electron chi connectivity index (χ2n) is 4.85. The van der Waals surface area contributed by atoms with Crippen LogP contribution in [0.4, 0.5) is 0 Å². The largest absolute Gasteiger partial charge is 0.264 e. The molecule has 0 amide bonds. The van der Waals surface area contributed by atoms with Crippen LogP contribution in [0, 0.1) is 0 Å². The second kappa shape index (κ2) is 4.76. The van der Waals surface area contributed by atoms with Crippen molar-refractivity contribution in [2.75, 3.05) is 0 Å². The molecule has 1 aromatic carbocycles. The molecule has 0 saturated carbocycles. The molecule has 0 bridgehead atoms. The van der Waals surface area contributed by atoms with E-state index in [1.165, 1.54) is 0 Å². The van der Waals surface area contributed by atoms with Crippen LogP contribution < -0.4 is 0 Å². The lowest BCUT2D eigenvalue weighted by molar-refractivity contribution is 0.831. The molecule has 0 radical (unpaired) electrons. The Hall–Kier alpha value is -2.29. The van der Waals surface area contributed by atoms with E-state index in [1.54, 1.807) is 12.4 Å². The van der Waals surface area contributed by atoms with Crippen molar-refractivity contribution in [3.05, 3.63) is 54.5 Å². The first-order chi connectivity index (χ1) is 9.25. The fourth-order valence-electron chi connectivity index (χ4n) is 2.17. The number of rotatable bonds is 2. The molecule has 0 N–H and O–H groups in total.